The Morgan fingerprint density at radius 2 is 1.43 bits per heavy atom. The highest BCUT2D eigenvalue weighted by atomic mass is 19.4. The van der Waals surface area contributed by atoms with Gasteiger partial charge in [-0.15, -0.1) is 0 Å². The normalized spacial score (nSPS) is 11.2. The highest BCUT2D eigenvalue weighted by Gasteiger charge is 2.28. The van der Waals surface area contributed by atoms with Crippen LogP contribution in [0.25, 0.3) is 11.1 Å². The second kappa shape index (κ2) is 5.99. The minimum Gasteiger partial charge on any atom is -0.484 e. The standard InChI is InChI=1S/C16H13F3O2/c1-11(20)12-2-4-13(5-3-12)14-6-8-15(9-7-14)21-10-16(17,18)19/h2-9H,10H2,1H3. The highest BCUT2D eigenvalue weighted by Crippen LogP contribution is 2.24. The van der Waals surface area contributed by atoms with E-state index in [9.17, 15) is 18.0 Å². The molecule has 0 amide bonds. The van der Waals surface area contributed by atoms with Crippen LogP contribution in [0.2, 0.25) is 0 Å². The summed E-state index contributed by atoms with van der Waals surface area (Å²) in [6, 6.07) is 13.3. The van der Waals surface area contributed by atoms with Crippen molar-refractivity contribution in [2.75, 3.05) is 6.61 Å². The van der Waals surface area contributed by atoms with Gasteiger partial charge in [-0.3, -0.25) is 4.79 Å². The number of hydrogen-bond donors (Lipinski definition) is 0. The van der Waals surface area contributed by atoms with Crippen molar-refractivity contribution in [3.63, 3.8) is 0 Å². The third-order valence-electron chi connectivity index (χ3n) is 2.88. The van der Waals surface area contributed by atoms with Crippen LogP contribution < -0.4 is 4.74 Å². The number of benzene rings is 2. The van der Waals surface area contributed by atoms with Gasteiger partial charge in [0.1, 0.15) is 5.75 Å². The summed E-state index contributed by atoms with van der Waals surface area (Å²) >= 11 is 0. The van der Waals surface area contributed by atoms with Crippen molar-refractivity contribution >= 4 is 5.78 Å². The fraction of sp³-hybridized carbons (Fsp3) is 0.188. The van der Waals surface area contributed by atoms with Crippen molar-refractivity contribution in [2.45, 2.75) is 13.1 Å². The van der Waals surface area contributed by atoms with E-state index in [1.807, 2.05) is 0 Å². The zero-order chi connectivity index (χ0) is 15.5. The number of alkyl halides is 3. The fourth-order valence-corrected chi connectivity index (χ4v) is 1.81. The number of ketones is 1. The van der Waals surface area contributed by atoms with Gasteiger partial charge >= 0.3 is 6.18 Å². The van der Waals surface area contributed by atoms with Crippen molar-refractivity contribution in [1.29, 1.82) is 0 Å². The molecule has 0 spiro atoms. The molecular formula is C16H13F3O2. The number of carbonyl (C=O) groups is 1. The highest BCUT2D eigenvalue weighted by molar-refractivity contribution is 5.94. The molecule has 0 unspecified atom stereocenters. The van der Waals surface area contributed by atoms with Gasteiger partial charge in [0, 0.05) is 5.56 Å². The molecule has 0 saturated carbocycles. The molecule has 2 nitrogen and oxygen atoms in total. The lowest BCUT2D eigenvalue weighted by Crippen LogP contribution is -2.19. The fourth-order valence-electron chi connectivity index (χ4n) is 1.81. The number of hydrogen-bond acceptors (Lipinski definition) is 2. The topological polar surface area (TPSA) is 26.3 Å². The summed E-state index contributed by atoms with van der Waals surface area (Å²) in [4.78, 5) is 11.2. The number of Topliss-reactive ketones (excluding diaryl/α,β-unsaturated/α-hetero) is 1. The minimum absolute atomic E-state index is 0.0163. The Morgan fingerprint density at radius 1 is 0.952 bits per heavy atom. The van der Waals surface area contributed by atoms with E-state index in [0.717, 1.165) is 11.1 Å². The molecule has 0 N–H and O–H groups in total. The first-order valence-electron chi connectivity index (χ1n) is 6.26. The maximum Gasteiger partial charge on any atom is 0.422 e. The average Bonchev–Trinajstić information content (AvgIpc) is 2.45. The lowest BCUT2D eigenvalue weighted by atomic mass is 10.0. The second-order valence-corrected chi connectivity index (χ2v) is 4.56. The van der Waals surface area contributed by atoms with Crippen LogP contribution in [0, 0.1) is 0 Å². The molecule has 0 radical (unpaired) electrons. The molecule has 21 heavy (non-hydrogen) atoms. The van der Waals surface area contributed by atoms with Crippen molar-refractivity contribution in [3.8, 4) is 16.9 Å². The zero-order valence-corrected chi connectivity index (χ0v) is 11.3. The van der Waals surface area contributed by atoms with Crippen LogP contribution in [-0.2, 0) is 0 Å². The second-order valence-electron chi connectivity index (χ2n) is 4.56. The number of halogens is 3. The third kappa shape index (κ3) is 4.34. The van der Waals surface area contributed by atoms with Crippen LogP contribution in [0.1, 0.15) is 17.3 Å². The van der Waals surface area contributed by atoms with Crippen LogP contribution in [0.4, 0.5) is 13.2 Å². The molecule has 0 aliphatic carbocycles. The molecule has 0 atom stereocenters. The summed E-state index contributed by atoms with van der Waals surface area (Å²) in [5.74, 6) is 0.147. The van der Waals surface area contributed by atoms with Crippen LogP contribution in [0.3, 0.4) is 0 Å². The summed E-state index contributed by atoms with van der Waals surface area (Å²) in [5, 5.41) is 0. The first-order chi connectivity index (χ1) is 9.85. The van der Waals surface area contributed by atoms with Crippen molar-refractivity contribution in [1.82, 2.24) is 0 Å². The Balaban J connectivity index is 2.09. The summed E-state index contributed by atoms with van der Waals surface area (Å²) in [7, 11) is 0. The summed E-state index contributed by atoms with van der Waals surface area (Å²) in [6.07, 6.45) is -4.35. The Bertz CT molecular complexity index is 613. The number of rotatable bonds is 4. The molecule has 0 aliphatic rings. The molecule has 110 valence electrons. The van der Waals surface area contributed by atoms with Gasteiger partial charge in [0.25, 0.3) is 0 Å². The van der Waals surface area contributed by atoms with Crippen LogP contribution >= 0.6 is 0 Å². The van der Waals surface area contributed by atoms with Crippen molar-refractivity contribution < 1.29 is 22.7 Å². The van der Waals surface area contributed by atoms with Crippen LogP contribution in [0.15, 0.2) is 48.5 Å². The molecule has 2 aromatic rings. The number of ether oxygens (including phenoxy) is 1. The van der Waals surface area contributed by atoms with E-state index in [2.05, 4.69) is 4.74 Å². The molecule has 0 heterocycles. The lowest BCUT2D eigenvalue weighted by molar-refractivity contribution is -0.153. The van der Waals surface area contributed by atoms with E-state index in [0.29, 0.717) is 5.56 Å². The lowest BCUT2D eigenvalue weighted by Gasteiger charge is -2.09. The quantitative estimate of drug-likeness (QED) is 0.776. The monoisotopic (exact) mass is 294 g/mol. The van der Waals surface area contributed by atoms with Crippen LogP contribution in [-0.4, -0.2) is 18.6 Å². The Hall–Kier alpha value is -2.30. The molecule has 2 aromatic carbocycles. The van der Waals surface area contributed by atoms with Gasteiger partial charge in [0.2, 0.25) is 0 Å². The van der Waals surface area contributed by atoms with Gasteiger partial charge in [-0.2, -0.15) is 13.2 Å². The van der Waals surface area contributed by atoms with Gasteiger partial charge in [-0.1, -0.05) is 36.4 Å². The average molecular weight is 294 g/mol. The van der Waals surface area contributed by atoms with Gasteiger partial charge in [0.05, 0.1) is 0 Å². The predicted octanol–water partition coefficient (Wildman–Crippen LogP) is 4.50. The zero-order valence-electron chi connectivity index (χ0n) is 11.3. The SMILES string of the molecule is CC(=O)c1ccc(-c2ccc(OCC(F)(F)F)cc2)cc1. The minimum atomic E-state index is -4.35. The Labute approximate surface area is 120 Å². The van der Waals surface area contributed by atoms with E-state index in [1.54, 1.807) is 36.4 Å². The van der Waals surface area contributed by atoms with Crippen molar-refractivity contribution in [2.24, 2.45) is 0 Å². The summed E-state index contributed by atoms with van der Waals surface area (Å²) in [6.45, 7) is 0.182. The van der Waals surface area contributed by atoms with Gasteiger partial charge in [-0.05, 0) is 30.2 Å². The maximum atomic E-state index is 12.0. The van der Waals surface area contributed by atoms with E-state index in [4.69, 9.17) is 0 Å². The van der Waals surface area contributed by atoms with E-state index in [1.165, 1.54) is 19.1 Å². The van der Waals surface area contributed by atoms with Gasteiger partial charge in [-0.25, -0.2) is 0 Å². The molecular weight excluding hydrogens is 281 g/mol. The Morgan fingerprint density at radius 3 is 1.86 bits per heavy atom. The third-order valence-corrected chi connectivity index (χ3v) is 2.88. The van der Waals surface area contributed by atoms with Crippen LogP contribution in [0.5, 0.6) is 5.75 Å². The molecule has 2 rings (SSSR count). The summed E-state index contributed by atoms with van der Waals surface area (Å²) in [5.41, 5.74) is 2.33. The molecule has 0 aliphatic heterocycles. The maximum absolute atomic E-state index is 12.0. The van der Waals surface area contributed by atoms with Crippen molar-refractivity contribution in [3.05, 3.63) is 54.1 Å². The molecule has 5 heteroatoms. The van der Waals surface area contributed by atoms with E-state index >= 15 is 0 Å². The smallest absolute Gasteiger partial charge is 0.422 e. The van der Waals surface area contributed by atoms with Gasteiger partial charge in [0.15, 0.2) is 12.4 Å². The Kier molecular flexibility index (Phi) is 4.31. The van der Waals surface area contributed by atoms with E-state index in [-0.39, 0.29) is 11.5 Å². The molecule has 0 bridgehead atoms. The van der Waals surface area contributed by atoms with Gasteiger partial charge < -0.3 is 4.74 Å². The predicted molar refractivity (Wildman–Crippen MR) is 73.4 cm³/mol. The first kappa shape index (κ1) is 15.1. The van der Waals surface area contributed by atoms with E-state index < -0.39 is 12.8 Å². The first-order valence-corrected chi connectivity index (χ1v) is 6.26. The summed E-state index contributed by atoms with van der Waals surface area (Å²) < 4.78 is 40.8. The molecule has 0 aromatic heterocycles. The molecule has 0 saturated heterocycles. The number of carbonyl (C=O) groups excluding carboxylic acids is 1. The largest absolute Gasteiger partial charge is 0.484 e. The molecule has 0 fully saturated rings.